The highest BCUT2D eigenvalue weighted by molar-refractivity contribution is 5.93. The van der Waals surface area contributed by atoms with E-state index < -0.39 is 0 Å². The third-order valence-electron chi connectivity index (χ3n) is 4.56. The Hall–Kier alpha value is -2.59. The van der Waals surface area contributed by atoms with Crippen molar-refractivity contribution in [2.75, 3.05) is 18.8 Å². The lowest BCUT2D eigenvalue weighted by Crippen LogP contribution is -2.24. The van der Waals surface area contributed by atoms with Crippen LogP contribution in [0.1, 0.15) is 12.0 Å². The fraction of sp³-hybridized carbons (Fsp3) is 0.250. The number of fused-ring (bicyclic) bond motifs is 1. The summed E-state index contributed by atoms with van der Waals surface area (Å²) in [6, 6.07) is 18.4. The topological polar surface area (TPSA) is 51.4 Å². The molecule has 4 rings (SSSR count). The third-order valence-corrected chi connectivity index (χ3v) is 4.56. The average molecular weight is 319 g/mol. The Kier molecular flexibility index (Phi) is 4.05. The molecule has 122 valence electrons. The number of rotatable bonds is 4. The monoisotopic (exact) mass is 319 g/mol. The van der Waals surface area contributed by atoms with Crippen LogP contribution in [0.25, 0.3) is 10.9 Å². The average Bonchev–Trinajstić information content (AvgIpc) is 3.05. The molecule has 0 aliphatic carbocycles. The van der Waals surface area contributed by atoms with Crippen LogP contribution in [-0.4, -0.2) is 29.1 Å². The van der Waals surface area contributed by atoms with Gasteiger partial charge in [0.15, 0.2) is 0 Å². The van der Waals surface area contributed by atoms with E-state index in [9.17, 15) is 0 Å². The molecule has 1 aliphatic heterocycles. The van der Waals surface area contributed by atoms with E-state index in [4.69, 9.17) is 10.5 Å². The smallest absolute Gasteiger partial charge is 0.143 e. The minimum atomic E-state index is 0.185. The van der Waals surface area contributed by atoms with Gasteiger partial charge in [-0.05, 0) is 36.2 Å². The molecule has 1 saturated heterocycles. The van der Waals surface area contributed by atoms with Gasteiger partial charge < -0.3 is 10.5 Å². The van der Waals surface area contributed by atoms with Crippen LogP contribution in [-0.2, 0) is 6.54 Å². The first kappa shape index (κ1) is 15.0. The molecular weight excluding hydrogens is 298 g/mol. The van der Waals surface area contributed by atoms with E-state index in [0.29, 0.717) is 5.69 Å². The maximum Gasteiger partial charge on any atom is 0.143 e. The number of likely N-dealkylation sites (tertiary alicyclic amines) is 1. The van der Waals surface area contributed by atoms with Crippen LogP contribution in [0.15, 0.2) is 60.8 Å². The summed E-state index contributed by atoms with van der Waals surface area (Å²) in [5.41, 5.74) is 9.20. The van der Waals surface area contributed by atoms with Gasteiger partial charge in [0.05, 0.1) is 11.2 Å². The zero-order valence-electron chi connectivity index (χ0n) is 13.6. The first-order valence-corrected chi connectivity index (χ1v) is 8.36. The van der Waals surface area contributed by atoms with Crippen LogP contribution >= 0.6 is 0 Å². The van der Waals surface area contributed by atoms with Gasteiger partial charge in [-0.25, -0.2) is 0 Å². The fourth-order valence-corrected chi connectivity index (χ4v) is 3.32. The van der Waals surface area contributed by atoms with Gasteiger partial charge in [-0.1, -0.05) is 30.3 Å². The normalized spacial score (nSPS) is 18.1. The van der Waals surface area contributed by atoms with Crippen molar-refractivity contribution in [3.8, 4) is 5.75 Å². The molecule has 0 radical (unpaired) electrons. The summed E-state index contributed by atoms with van der Waals surface area (Å²) in [5.74, 6) is 0.766. The number of benzene rings is 2. The summed E-state index contributed by atoms with van der Waals surface area (Å²) in [6.45, 7) is 2.95. The maximum atomic E-state index is 6.28. The van der Waals surface area contributed by atoms with Gasteiger partial charge in [0, 0.05) is 31.2 Å². The lowest BCUT2D eigenvalue weighted by molar-refractivity contribution is 0.199. The van der Waals surface area contributed by atoms with Crippen LogP contribution in [0.2, 0.25) is 0 Å². The van der Waals surface area contributed by atoms with Crippen molar-refractivity contribution in [3.05, 3.63) is 66.4 Å². The number of ether oxygens (including phenoxy) is 1. The molecule has 0 amide bonds. The Morgan fingerprint density at radius 2 is 1.96 bits per heavy atom. The standard InChI is InChI=1S/C20H21N3O/c21-20-17-7-4-11-22-18(17)8-9-19(20)24-16-10-12-23(14-16)13-15-5-2-1-3-6-15/h1-9,11,16H,10,12-14,21H2. The number of nitrogens with zero attached hydrogens (tertiary/aromatic N) is 2. The van der Waals surface area contributed by atoms with E-state index in [2.05, 4.69) is 40.2 Å². The van der Waals surface area contributed by atoms with Gasteiger partial charge >= 0.3 is 0 Å². The molecule has 0 saturated carbocycles. The SMILES string of the molecule is Nc1c(OC2CCN(Cc3ccccc3)C2)ccc2ncccc12. The highest BCUT2D eigenvalue weighted by Gasteiger charge is 2.24. The van der Waals surface area contributed by atoms with E-state index in [-0.39, 0.29) is 6.10 Å². The molecule has 1 unspecified atom stereocenters. The lowest BCUT2D eigenvalue weighted by atomic mass is 10.1. The molecule has 1 atom stereocenters. The Labute approximate surface area is 141 Å². The molecule has 3 aromatic rings. The highest BCUT2D eigenvalue weighted by atomic mass is 16.5. The highest BCUT2D eigenvalue weighted by Crippen LogP contribution is 2.31. The van der Waals surface area contributed by atoms with Crippen molar-refractivity contribution in [2.24, 2.45) is 0 Å². The molecule has 2 aromatic carbocycles. The lowest BCUT2D eigenvalue weighted by Gasteiger charge is -2.18. The van der Waals surface area contributed by atoms with E-state index in [1.54, 1.807) is 6.20 Å². The molecule has 4 nitrogen and oxygen atoms in total. The predicted molar refractivity (Wildman–Crippen MR) is 96.9 cm³/mol. The van der Waals surface area contributed by atoms with Crippen molar-refractivity contribution in [1.82, 2.24) is 9.88 Å². The summed E-state index contributed by atoms with van der Waals surface area (Å²) in [5, 5.41) is 0.953. The Morgan fingerprint density at radius 1 is 1.08 bits per heavy atom. The van der Waals surface area contributed by atoms with E-state index in [1.807, 2.05) is 24.3 Å². The van der Waals surface area contributed by atoms with Crippen LogP contribution in [0.3, 0.4) is 0 Å². The van der Waals surface area contributed by atoms with Gasteiger partial charge in [0.1, 0.15) is 11.9 Å². The number of aromatic nitrogens is 1. The van der Waals surface area contributed by atoms with Gasteiger partial charge in [-0.3, -0.25) is 9.88 Å². The molecule has 0 bridgehead atoms. The second-order valence-corrected chi connectivity index (χ2v) is 6.30. The Morgan fingerprint density at radius 3 is 2.83 bits per heavy atom. The van der Waals surface area contributed by atoms with E-state index in [1.165, 1.54) is 5.56 Å². The second kappa shape index (κ2) is 6.49. The van der Waals surface area contributed by atoms with Crippen molar-refractivity contribution >= 4 is 16.6 Å². The zero-order valence-corrected chi connectivity index (χ0v) is 13.6. The summed E-state index contributed by atoms with van der Waals surface area (Å²) in [4.78, 5) is 6.76. The van der Waals surface area contributed by atoms with Crippen LogP contribution in [0.4, 0.5) is 5.69 Å². The van der Waals surface area contributed by atoms with Crippen LogP contribution < -0.4 is 10.5 Å². The summed E-state index contributed by atoms with van der Waals surface area (Å²) < 4.78 is 6.19. The van der Waals surface area contributed by atoms with Crippen LogP contribution in [0.5, 0.6) is 5.75 Å². The fourth-order valence-electron chi connectivity index (χ4n) is 3.32. The molecule has 0 spiro atoms. The third kappa shape index (κ3) is 3.05. The second-order valence-electron chi connectivity index (χ2n) is 6.30. The van der Waals surface area contributed by atoms with Crippen molar-refractivity contribution in [3.63, 3.8) is 0 Å². The summed E-state index contributed by atoms with van der Waals surface area (Å²) in [6.07, 6.45) is 2.99. The molecule has 1 aliphatic rings. The van der Waals surface area contributed by atoms with Gasteiger partial charge in [-0.15, -0.1) is 0 Å². The Balaban J connectivity index is 1.44. The van der Waals surface area contributed by atoms with Crippen molar-refractivity contribution in [2.45, 2.75) is 19.1 Å². The van der Waals surface area contributed by atoms with Crippen LogP contribution in [0, 0.1) is 0 Å². The minimum absolute atomic E-state index is 0.185. The summed E-state index contributed by atoms with van der Waals surface area (Å²) >= 11 is 0. The molecule has 24 heavy (non-hydrogen) atoms. The predicted octanol–water partition coefficient (Wildman–Crippen LogP) is 3.47. The van der Waals surface area contributed by atoms with Gasteiger partial charge in [-0.2, -0.15) is 0 Å². The number of nitrogens with two attached hydrogens (primary N) is 1. The van der Waals surface area contributed by atoms with E-state index >= 15 is 0 Å². The van der Waals surface area contributed by atoms with E-state index in [0.717, 1.165) is 42.7 Å². The summed E-state index contributed by atoms with van der Waals surface area (Å²) in [7, 11) is 0. The molecule has 4 heteroatoms. The molecule has 2 heterocycles. The number of hydrogen-bond donors (Lipinski definition) is 1. The molecule has 1 fully saturated rings. The maximum absolute atomic E-state index is 6.28. The number of nitrogen functional groups attached to an aromatic ring is 1. The molecule has 2 N–H and O–H groups in total. The number of hydrogen-bond acceptors (Lipinski definition) is 4. The van der Waals surface area contributed by atoms with Gasteiger partial charge in [0.2, 0.25) is 0 Å². The molecular formula is C20H21N3O. The number of anilines is 1. The Bertz CT molecular complexity index is 835. The first-order chi connectivity index (χ1) is 11.8. The number of pyridine rings is 1. The van der Waals surface area contributed by atoms with Crippen molar-refractivity contribution < 1.29 is 4.74 Å². The first-order valence-electron chi connectivity index (χ1n) is 8.36. The quantitative estimate of drug-likeness (QED) is 0.748. The van der Waals surface area contributed by atoms with Crippen molar-refractivity contribution in [1.29, 1.82) is 0 Å². The largest absolute Gasteiger partial charge is 0.487 e. The van der Waals surface area contributed by atoms with Gasteiger partial charge in [0.25, 0.3) is 0 Å². The molecule has 1 aromatic heterocycles. The zero-order chi connectivity index (χ0) is 16.4. The minimum Gasteiger partial charge on any atom is -0.487 e.